The zero-order valence-corrected chi connectivity index (χ0v) is 16.1. The fourth-order valence-electron chi connectivity index (χ4n) is 4.88. The number of carbonyl (C=O) groups excluding carboxylic acids is 1. The lowest BCUT2D eigenvalue weighted by Crippen LogP contribution is -2.47. The van der Waals surface area contributed by atoms with Gasteiger partial charge in [-0.15, -0.1) is 0 Å². The number of nitrogens with zero attached hydrogens (tertiary/aromatic N) is 1. The number of hydrazine groups is 2. The minimum absolute atomic E-state index is 0.420. The molecule has 0 aromatic rings. The van der Waals surface area contributed by atoms with E-state index in [1.54, 1.807) is 5.57 Å². The van der Waals surface area contributed by atoms with Crippen molar-refractivity contribution in [2.75, 3.05) is 6.54 Å². The van der Waals surface area contributed by atoms with E-state index in [1.165, 1.54) is 70.6 Å². The van der Waals surface area contributed by atoms with E-state index in [1.807, 2.05) is 5.43 Å². The lowest BCUT2D eigenvalue weighted by Gasteiger charge is -2.36. The molecular formula is C20H38N4O. The summed E-state index contributed by atoms with van der Waals surface area (Å²) in [6.07, 6.45) is 19.6. The predicted octanol–water partition coefficient (Wildman–Crippen LogP) is 4.39. The molecule has 1 saturated carbocycles. The van der Waals surface area contributed by atoms with Crippen molar-refractivity contribution in [3.63, 3.8) is 0 Å². The average Bonchev–Trinajstić information content (AvgIpc) is 2.90. The highest BCUT2D eigenvalue weighted by Crippen LogP contribution is 2.52. The van der Waals surface area contributed by atoms with Gasteiger partial charge >= 0.3 is 6.03 Å². The van der Waals surface area contributed by atoms with Gasteiger partial charge in [0.05, 0.1) is 0 Å². The van der Waals surface area contributed by atoms with Gasteiger partial charge in [0.15, 0.2) is 0 Å². The average molecular weight is 351 g/mol. The first kappa shape index (κ1) is 20.2. The Balaban J connectivity index is 1.41. The van der Waals surface area contributed by atoms with Crippen LogP contribution in [0, 0.1) is 11.3 Å². The maximum atomic E-state index is 11.1. The first-order valence-corrected chi connectivity index (χ1v) is 10.3. The van der Waals surface area contributed by atoms with Crippen LogP contribution in [0.3, 0.4) is 0 Å². The van der Waals surface area contributed by atoms with Gasteiger partial charge in [0, 0.05) is 6.54 Å². The summed E-state index contributed by atoms with van der Waals surface area (Å²) < 4.78 is 0. The molecule has 2 aliphatic carbocycles. The predicted molar refractivity (Wildman–Crippen MR) is 103 cm³/mol. The molecule has 25 heavy (non-hydrogen) atoms. The molecule has 5 heteroatoms. The van der Waals surface area contributed by atoms with Crippen molar-refractivity contribution in [2.24, 2.45) is 23.0 Å². The highest BCUT2D eigenvalue weighted by Gasteiger charge is 2.39. The monoisotopic (exact) mass is 350 g/mol. The van der Waals surface area contributed by atoms with E-state index >= 15 is 0 Å². The minimum Gasteiger partial charge on any atom is -0.275 e. The Morgan fingerprint density at radius 3 is 2.52 bits per heavy atom. The van der Waals surface area contributed by atoms with Crippen molar-refractivity contribution < 1.29 is 4.79 Å². The summed E-state index contributed by atoms with van der Waals surface area (Å²) in [5.41, 5.74) is 4.44. The Kier molecular flexibility index (Phi) is 8.24. The van der Waals surface area contributed by atoms with Gasteiger partial charge in [0.1, 0.15) is 0 Å². The summed E-state index contributed by atoms with van der Waals surface area (Å²) in [5.74, 6) is 11.5. The molecule has 5 N–H and O–H groups in total. The first-order chi connectivity index (χ1) is 12.0. The zero-order chi connectivity index (χ0) is 18.1. The number of fused-ring (bicyclic) bond motifs is 2. The fourth-order valence-corrected chi connectivity index (χ4v) is 4.88. The largest absolute Gasteiger partial charge is 0.345 e. The summed E-state index contributed by atoms with van der Waals surface area (Å²) in [6.45, 7) is 3.00. The molecule has 2 atom stereocenters. The summed E-state index contributed by atoms with van der Waals surface area (Å²) in [6, 6.07) is -0.420. The van der Waals surface area contributed by atoms with E-state index in [4.69, 9.17) is 11.7 Å². The quantitative estimate of drug-likeness (QED) is 0.170. The van der Waals surface area contributed by atoms with Crippen molar-refractivity contribution in [2.45, 2.75) is 90.4 Å². The number of urea groups is 1. The van der Waals surface area contributed by atoms with Gasteiger partial charge < -0.3 is 0 Å². The van der Waals surface area contributed by atoms with Gasteiger partial charge in [-0.25, -0.2) is 16.5 Å². The summed E-state index contributed by atoms with van der Waals surface area (Å²) in [4.78, 5) is 11.1. The van der Waals surface area contributed by atoms with Gasteiger partial charge in [-0.1, -0.05) is 63.5 Å². The first-order valence-electron chi connectivity index (χ1n) is 10.3. The number of unbranched alkanes of at least 4 members (excludes halogenated alkanes) is 7. The lowest BCUT2D eigenvalue weighted by molar-refractivity contribution is 0.184. The molecule has 1 fully saturated rings. The number of nitrogens with two attached hydrogens (primary N) is 2. The SMILES string of the molecule is CC1CC2=CCC(CCCCCCCCCCN(N)C(=O)NN)(C2)C1. The molecule has 144 valence electrons. The van der Waals surface area contributed by atoms with E-state index in [0.717, 1.165) is 23.8 Å². The third-order valence-corrected chi connectivity index (χ3v) is 6.06. The Morgan fingerprint density at radius 2 is 1.84 bits per heavy atom. The Bertz CT molecular complexity index is 451. The third kappa shape index (κ3) is 6.63. The summed E-state index contributed by atoms with van der Waals surface area (Å²) in [5, 5.41) is 1.15. The molecule has 0 spiro atoms. The lowest BCUT2D eigenvalue weighted by atomic mass is 9.69. The van der Waals surface area contributed by atoms with E-state index in [9.17, 15) is 4.79 Å². The topological polar surface area (TPSA) is 84.4 Å². The molecule has 2 rings (SSSR count). The second kappa shape index (κ2) is 10.2. The Hall–Kier alpha value is -1.07. The van der Waals surface area contributed by atoms with Crippen molar-refractivity contribution in [3.05, 3.63) is 11.6 Å². The maximum Gasteiger partial charge on any atom is 0.345 e. The van der Waals surface area contributed by atoms with Crippen LogP contribution in [0.2, 0.25) is 0 Å². The number of nitrogens with one attached hydrogen (secondary N) is 1. The van der Waals surface area contributed by atoms with Crippen LogP contribution in [-0.4, -0.2) is 17.6 Å². The molecule has 5 nitrogen and oxygen atoms in total. The van der Waals surface area contributed by atoms with E-state index in [-0.39, 0.29) is 0 Å². The van der Waals surface area contributed by atoms with Crippen LogP contribution in [0.1, 0.15) is 90.4 Å². The number of amides is 2. The Labute approximate surface area is 153 Å². The molecule has 2 amide bonds. The normalized spacial score (nSPS) is 24.9. The van der Waals surface area contributed by atoms with Crippen LogP contribution in [0.15, 0.2) is 11.6 Å². The van der Waals surface area contributed by atoms with Crippen LogP contribution in [-0.2, 0) is 0 Å². The summed E-state index contributed by atoms with van der Waals surface area (Å²) in [7, 11) is 0. The van der Waals surface area contributed by atoms with Crippen molar-refractivity contribution in [1.29, 1.82) is 0 Å². The van der Waals surface area contributed by atoms with E-state index in [0.29, 0.717) is 12.0 Å². The third-order valence-electron chi connectivity index (χ3n) is 6.06. The van der Waals surface area contributed by atoms with Crippen LogP contribution in [0.5, 0.6) is 0 Å². The highest BCUT2D eigenvalue weighted by molar-refractivity contribution is 5.72. The molecule has 2 unspecified atom stereocenters. The summed E-state index contributed by atoms with van der Waals surface area (Å²) >= 11 is 0. The smallest absolute Gasteiger partial charge is 0.275 e. The molecule has 0 aliphatic heterocycles. The van der Waals surface area contributed by atoms with E-state index in [2.05, 4.69) is 13.0 Å². The number of hydrogen-bond donors (Lipinski definition) is 3. The molecule has 0 saturated heterocycles. The second-order valence-corrected chi connectivity index (χ2v) is 8.48. The molecule has 2 bridgehead atoms. The number of hydrogen-bond acceptors (Lipinski definition) is 3. The maximum absolute atomic E-state index is 11.1. The second-order valence-electron chi connectivity index (χ2n) is 8.48. The van der Waals surface area contributed by atoms with Gasteiger partial charge in [-0.05, 0) is 49.9 Å². The van der Waals surface area contributed by atoms with Crippen molar-refractivity contribution in [1.82, 2.24) is 10.4 Å². The number of carbonyl (C=O) groups is 1. The molecule has 0 heterocycles. The molecule has 0 radical (unpaired) electrons. The Morgan fingerprint density at radius 1 is 1.20 bits per heavy atom. The van der Waals surface area contributed by atoms with Crippen molar-refractivity contribution in [3.8, 4) is 0 Å². The fraction of sp³-hybridized carbons (Fsp3) is 0.850. The van der Waals surface area contributed by atoms with Gasteiger partial charge in [-0.3, -0.25) is 10.4 Å². The van der Waals surface area contributed by atoms with Gasteiger partial charge in [-0.2, -0.15) is 0 Å². The molecule has 0 aromatic heterocycles. The van der Waals surface area contributed by atoms with Crippen LogP contribution >= 0.6 is 0 Å². The minimum atomic E-state index is -0.420. The standard InChI is InChI=1S/C20H38N4O/c1-17-14-18-10-12-20(15-17,16-18)11-8-6-4-2-3-5-7-9-13-24(22)19(25)23-21/h10,17H,2-9,11-16,21-22H2,1H3,(H,23,25). The van der Waals surface area contributed by atoms with Crippen LogP contribution in [0.25, 0.3) is 0 Å². The van der Waals surface area contributed by atoms with Gasteiger partial charge in [0.2, 0.25) is 0 Å². The molecule has 2 aliphatic rings. The molecule has 0 aromatic carbocycles. The van der Waals surface area contributed by atoms with E-state index < -0.39 is 6.03 Å². The van der Waals surface area contributed by atoms with Crippen LogP contribution in [0.4, 0.5) is 4.79 Å². The van der Waals surface area contributed by atoms with Gasteiger partial charge in [0.25, 0.3) is 0 Å². The number of rotatable bonds is 11. The van der Waals surface area contributed by atoms with Crippen molar-refractivity contribution >= 4 is 6.03 Å². The number of allylic oxidation sites excluding steroid dienone is 2. The van der Waals surface area contributed by atoms with Crippen LogP contribution < -0.4 is 17.1 Å². The molecular weight excluding hydrogens is 312 g/mol. The highest BCUT2D eigenvalue weighted by atomic mass is 16.2. The zero-order valence-electron chi connectivity index (χ0n) is 16.1.